The minimum absolute atomic E-state index is 0.0190. The van der Waals surface area contributed by atoms with Crippen molar-refractivity contribution >= 4 is 18.0 Å². The van der Waals surface area contributed by atoms with Crippen molar-refractivity contribution in [3.8, 4) is 11.1 Å². The van der Waals surface area contributed by atoms with E-state index in [-0.39, 0.29) is 25.7 Å². The quantitative estimate of drug-likeness (QED) is 0.553. The van der Waals surface area contributed by atoms with Gasteiger partial charge in [0.1, 0.15) is 6.61 Å². The summed E-state index contributed by atoms with van der Waals surface area (Å²) >= 11 is 0. The van der Waals surface area contributed by atoms with E-state index in [9.17, 15) is 14.4 Å². The van der Waals surface area contributed by atoms with E-state index in [1.54, 1.807) is 13.8 Å². The third-order valence-corrected chi connectivity index (χ3v) is 5.57. The average Bonchev–Trinajstić information content (AvgIpc) is 3.09. The van der Waals surface area contributed by atoms with Crippen molar-refractivity contribution in [1.29, 1.82) is 0 Å². The van der Waals surface area contributed by atoms with Crippen molar-refractivity contribution in [3.63, 3.8) is 0 Å². The first-order chi connectivity index (χ1) is 15.2. The SMILES string of the molecule is COCC(NC(=O)C(C)(C)CNC(=O)OCC1c2ccccc2-c2ccccc21)C(=O)O. The molecule has 0 bridgehead atoms. The number of nitrogens with one attached hydrogen (secondary N) is 2. The molecule has 1 atom stereocenters. The molecule has 0 radical (unpaired) electrons. The number of carboxylic acid groups (broad SMARTS) is 1. The number of benzene rings is 2. The van der Waals surface area contributed by atoms with Gasteiger partial charge in [-0.1, -0.05) is 48.5 Å². The van der Waals surface area contributed by atoms with Gasteiger partial charge in [-0.05, 0) is 36.1 Å². The van der Waals surface area contributed by atoms with Crippen LogP contribution in [0, 0.1) is 5.41 Å². The lowest BCUT2D eigenvalue weighted by Gasteiger charge is -2.26. The van der Waals surface area contributed by atoms with Crippen LogP contribution in [0.4, 0.5) is 4.79 Å². The van der Waals surface area contributed by atoms with E-state index in [2.05, 4.69) is 22.8 Å². The number of fused-ring (bicyclic) bond motifs is 3. The highest BCUT2D eigenvalue weighted by Crippen LogP contribution is 2.44. The Morgan fingerprint density at radius 2 is 1.59 bits per heavy atom. The first-order valence-corrected chi connectivity index (χ1v) is 10.4. The first-order valence-electron chi connectivity index (χ1n) is 10.4. The number of carboxylic acids is 1. The van der Waals surface area contributed by atoms with Gasteiger partial charge in [-0.2, -0.15) is 0 Å². The monoisotopic (exact) mass is 440 g/mol. The van der Waals surface area contributed by atoms with Crippen LogP contribution in [0.25, 0.3) is 11.1 Å². The zero-order valence-corrected chi connectivity index (χ0v) is 18.4. The smallest absolute Gasteiger partial charge is 0.407 e. The van der Waals surface area contributed by atoms with Crippen molar-refractivity contribution in [2.24, 2.45) is 5.41 Å². The summed E-state index contributed by atoms with van der Waals surface area (Å²) in [6.45, 7) is 3.21. The Kier molecular flexibility index (Phi) is 7.15. The minimum atomic E-state index is -1.19. The molecule has 8 nitrogen and oxygen atoms in total. The molecule has 1 aliphatic carbocycles. The minimum Gasteiger partial charge on any atom is -0.480 e. The summed E-state index contributed by atoms with van der Waals surface area (Å²) in [7, 11) is 1.35. The summed E-state index contributed by atoms with van der Waals surface area (Å²) in [6, 6.07) is 14.9. The van der Waals surface area contributed by atoms with Crippen molar-refractivity contribution in [1.82, 2.24) is 10.6 Å². The summed E-state index contributed by atoms with van der Waals surface area (Å²) in [5.74, 6) is -1.77. The number of carbonyl (C=O) groups excluding carboxylic acids is 2. The molecular formula is C24H28N2O6. The number of carbonyl (C=O) groups is 3. The molecule has 2 amide bonds. The fourth-order valence-corrected chi connectivity index (χ4v) is 3.72. The number of methoxy groups -OCH3 is 1. The highest BCUT2D eigenvalue weighted by molar-refractivity contribution is 5.87. The van der Waals surface area contributed by atoms with Crippen LogP contribution in [-0.2, 0) is 19.1 Å². The van der Waals surface area contributed by atoms with E-state index in [0.29, 0.717) is 0 Å². The summed E-state index contributed by atoms with van der Waals surface area (Å²) in [4.78, 5) is 36.1. The van der Waals surface area contributed by atoms with Gasteiger partial charge in [-0.15, -0.1) is 0 Å². The van der Waals surface area contributed by atoms with Gasteiger partial charge in [0.05, 0.1) is 12.0 Å². The fraction of sp³-hybridized carbons (Fsp3) is 0.375. The lowest BCUT2D eigenvalue weighted by molar-refractivity contribution is -0.144. The van der Waals surface area contributed by atoms with Crippen molar-refractivity contribution in [2.45, 2.75) is 25.8 Å². The number of amides is 2. The number of ether oxygens (including phenoxy) is 2. The zero-order chi connectivity index (χ0) is 23.3. The van der Waals surface area contributed by atoms with Crippen LogP contribution in [-0.4, -0.2) is 56.0 Å². The lowest BCUT2D eigenvalue weighted by atomic mass is 9.92. The normalized spacial score (nSPS) is 13.6. The maximum Gasteiger partial charge on any atom is 0.407 e. The van der Waals surface area contributed by atoms with E-state index < -0.39 is 29.4 Å². The van der Waals surface area contributed by atoms with Crippen LogP contribution >= 0.6 is 0 Å². The number of alkyl carbamates (subject to hydrolysis) is 1. The van der Waals surface area contributed by atoms with Crippen molar-refractivity contribution < 1.29 is 29.0 Å². The molecule has 2 aromatic carbocycles. The molecule has 0 fully saturated rings. The van der Waals surface area contributed by atoms with E-state index in [1.807, 2.05) is 36.4 Å². The Morgan fingerprint density at radius 3 is 2.12 bits per heavy atom. The fourth-order valence-electron chi connectivity index (χ4n) is 3.72. The van der Waals surface area contributed by atoms with Crippen molar-refractivity contribution in [3.05, 3.63) is 59.7 Å². The molecule has 32 heavy (non-hydrogen) atoms. The maximum atomic E-state index is 12.5. The third kappa shape index (κ3) is 5.08. The molecule has 0 heterocycles. The van der Waals surface area contributed by atoms with Gasteiger partial charge in [0.25, 0.3) is 0 Å². The van der Waals surface area contributed by atoms with Crippen LogP contribution in [0.2, 0.25) is 0 Å². The number of hydrogen-bond acceptors (Lipinski definition) is 5. The third-order valence-electron chi connectivity index (χ3n) is 5.57. The van der Waals surface area contributed by atoms with E-state index in [0.717, 1.165) is 22.3 Å². The average molecular weight is 440 g/mol. The molecular weight excluding hydrogens is 412 g/mol. The van der Waals surface area contributed by atoms with Gasteiger partial charge in [-0.25, -0.2) is 9.59 Å². The van der Waals surface area contributed by atoms with Crippen LogP contribution in [0.5, 0.6) is 0 Å². The van der Waals surface area contributed by atoms with Gasteiger partial charge in [0.15, 0.2) is 6.04 Å². The largest absolute Gasteiger partial charge is 0.480 e. The zero-order valence-electron chi connectivity index (χ0n) is 18.4. The molecule has 3 N–H and O–H groups in total. The van der Waals surface area contributed by atoms with Crippen LogP contribution < -0.4 is 10.6 Å². The lowest BCUT2D eigenvalue weighted by Crippen LogP contribution is -2.51. The maximum absolute atomic E-state index is 12.5. The highest BCUT2D eigenvalue weighted by Gasteiger charge is 2.33. The van der Waals surface area contributed by atoms with E-state index in [4.69, 9.17) is 14.6 Å². The van der Waals surface area contributed by atoms with E-state index in [1.165, 1.54) is 7.11 Å². The van der Waals surface area contributed by atoms with E-state index >= 15 is 0 Å². The Balaban J connectivity index is 1.56. The van der Waals surface area contributed by atoms with Crippen molar-refractivity contribution in [2.75, 3.05) is 26.9 Å². The summed E-state index contributed by atoms with van der Waals surface area (Å²) in [5.41, 5.74) is 3.45. The predicted molar refractivity (Wildman–Crippen MR) is 118 cm³/mol. The van der Waals surface area contributed by atoms with Crippen LogP contribution in [0.3, 0.4) is 0 Å². The molecule has 170 valence electrons. The second kappa shape index (κ2) is 9.82. The standard InChI is InChI=1S/C24H28N2O6/c1-24(2,22(29)26-20(13-31-3)21(27)28)14-25-23(30)32-12-19-17-10-6-4-8-15(17)16-9-5-7-11-18(16)19/h4-11,19-20H,12-14H2,1-3H3,(H,25,30)(H,26,29)(H,27,28). The number of rotatable bonds is 9. The topological polar surface area (TPSA) is 114 Å². The predicted octanol–water partition coefficient (Wildman–Crippen LogP) is 2.77. The number of hydrogen-bond donors (Lipinski definition) is 3. The molecule has 0 saturated heterocycles. The molecule has 0 aromatic heterocycles. The molecule has 0 saturated carbocycles. The first kappa shape index (κ1) is 23.3. The van der Waals surface area contributed by atoms with Gasteiger partial charge < -0.3 is 25.2 Å². The van der Waals surface area contributed by atoms with Crippen LogP contribution in [0.15, 0.2) is 48.5 Å². The molecule has 0 aliphatic heterocycles. The summed E-state index contributed by atoms with van der Waals surface area (Å²) in [6.07, 6.45) is -0.639. The molecule has 0 spiro atoms. The molecule has 2 aromatic rings. The Hall–Kier alpha value is -3.39. The van der Waals surface area contributed by atoms with Gasteiger partial charge >= 0.3 is 12.1 Å². The van der Waals surface area contributed by atoms with Gasteiger partial charge in [0, 0.05) is 19.6 Å². The Labute approximate surface area is 186 Å². The second-order valence-electron chi connectivity index (χ2n) is 8.38. The Morgan fingerprint density at radius 1 is 1.03 bits per heavy atom. The number of aliphatic carboxylic acids is 1. The Bertz CT molecular complexity index is 958. The van der Waals surface area contributed by atoms with Gasteiger partial charge in [0.2, 0.25) is 5.91 Å². The summed E-state index contributed by atoms with van der Waals surface area (Å²) < 4.78 is 10.3. The second-order valence-corrected chi connectivity index (χ2v) is 8.38. The molecule has 1 aliphatic rings. The molecule has 8 heteroatoms. The molecule has 3 rings (SSSR count). The summed E-state index contributed by atoms with van der Waals surface area (Å²) in [5, 5.41) is 14.2. The highest BCUT2D eigenvalue weighted by atomic mass is 16.5. The van der Waals surface area contributed by atoms with Crippen LogP contribution in [0.1, 0.15) is 30.9 Å². The van der Waals surface area contributed by atoms with Gasteiger partial charge in [-0.3, -0.25) is 4.79 Å². The molecule has 1 unspecified atom stereocenters.